The smallest absolute Gasteiger partial charge is 0.339 e. The molecule has 0 saturated carbocycles. The van der Waals surface area contributed by atoms with Crippen LogP contribution in [0.4, 0.5) is 5.82 Å². The third-order valence-corrected chi connectivity index (χ3v) is 5.63. The lowest BCUT2D eigenvalue weighted by Crippen LogP contribution is -2.16. The van der Waals surface area contributed by atoms with Crippen molar-refractivity contribution in [1.82, 2.24) is 15.0 Å². The summed E-state index contributed by atoms with van der Waals surface area (Å²) in [6, 6.07) is 13.5. The van der Waals surface area contributed by atoms with Crippen LogP contribution in [0.15, 0.2) is 42.5 Å². The molecule has 6 heteroatoms. The maximum absolute atomic E-state index is 13.2. The molecule has 6 nitrogen and oxygen atoms in total. The highest BCUT2D eigenvalue weighted by atomic mass is 16.5. The number of aryl methyl sites for hydroxylation is 2. The fraction of sp³-hybridized carbons (Fsp3) is 0.250. The van der Waals surface area contributed by atoms with Gasteiger partial charge in [0.1, 0.15) is 5.82 Å². The predicted octanol–water partition coefficient (Wildman–Crippen LogP) is 4.30. The van der Waals surface area contributed by atoms with Gasteiger partial charge in [0, 0.05) is 16.5 Å². The van der Waals surface area contributed by atoms with Gasteiger partial charge in [0.2, 0.25) is 0 Å². The van der Waals surface area contributed by atoms with Gasteiger partial charge in [-0.05, 0) is 62.4 Å². The van der Waals surface area contributed by atoms with E-state index < -0.39 is 0 Å². The van der Waals surface area contributed by atoms with Gasteiger partial charge in [0.25, 0.3) is 0 Å². The van der Waals surface area contributed by atoms with Crippen molar-refractivity contribution in [2.24, 2.45) is 0 Å². The Balaban J connectivity index is 1.51. The second-order valence-corrected chi connectivity index (χ2v) is 7.76. The van der Waals surface area contributed by atoms with Crippen molar-refractivity contribution in [3.05, 3.63) is 70.7 Å². The monoisotopic (exact) mass is 398 g/mol. The first-order chi connectivity index (χ1) is 14.6. The van der Waals surface area contributed by atoms with E-state index in [2.05, 4.69) is 9.97 Å². The lowest BCUT2D eigenvalue weighted by Gasteiger charge is -2.20. The van der Waals surface area contributed by atoms with Crippen LogP contribution in [0.25, 0.3) is 21.8 Å². The van der Waals surface area contributed by atoms with Crippen LogP contribution in [0.1, 0.15) is 45.8 Å². The summed E-state index contributed by atoms with van der Waals surface area (Å²) in [5.74, 6) is 0.415. The number of ether oxygens (including phenoxy) is 1. The first kappa shape index (κ1) is 18.5. The number of nitrogens with two attached hydrogens (primary N) is 1. The number of pyridine rings is 1. The number of rotatable bonds is 3. The van der Waals surface area contributed by atoms with Gasteiger partial charge < -0.3 is 10.5 Å². The number of nitrogens with zero attached hydrogens (tertiary/aromatic N) is 3. The van der Waals surface area contributed by atoms with Crippen molar-refractivity contribution in [3.8, 4) is 0 Å². The second kappa shape index (κ2) is 7.37. The van der Waals surface area contributed by atoms with Gasteiger partial charge in [-0.2, -0.15) is 0 Å². The molecule has 0 bridgehead atoms. The molecule has 1 aliphatic carbocycles. The second-order valence-electron chi connectivity index (χ2n) is 7.76. The van der Waals surface area contributed by atoms with Crippen molar-refractivity contribution in [2.45, 2.75) is 39.2 Å². The van der Waals surface area contributed by atoms with Gasteiger partial charge in [0.15, 0.2) is 12.4 Å². The Labute approximate surface area is 174 Å². The van der Waals surface area contributed by atoms with E-state index in [4.69, 9.17) is 15.5 Å². The summed E-state index contributed by atoms with van der Waals surface area (Å²) in [6.45, 7) is 1.98. The van der Waals surface area contributed by atoms with E-state index in [1.54, 1.807) is 0 Å². The molecule has 0 amide bonds. The Morgan fingerprint density at radius 2 is 1.80 bits per heavy atom. The topological polar surface area (TPSA) is 91.0 Å². The van der Waals surface area contributed by atoms with Gasteiger partial charge in [-0.1, -0.05) is 23.8 Å². The molecule has 2 aromatic heterocycles. The van der Waals surface area contributed by atoms with Crippen molar-refractivity contribution in [3.63, 3.8) is 0 Å². The number of carbonyl (C=O) groups excluding carboxylic acids is 1. The average Bonchev–Trinajstić information content (AvgIpc) is 2.76. The first-order valence-electron chi connectivity index (χ1n) is 10.2. The van der Waals surface area contributed by atoms with Crippen molar-refractivity contribution in [1.29, 1.82) is 0 Å². The SMILES string of the molecule is Cc1ccc2nc3c(c(C(=O)OCc4nc(N)c5ccccc5n4)c2c1)CCCC3. The number of para-hydroxylation sites is 1. The molecule has 1 aliphatic rings. The lowest BCUT2D eigenvalue weighted by molar-refractivity contribution is 0.0463. The van der Waals surface area contributed by atoms with E-state index in [1.807, 2.05) is 49.4 Å². The number of benzene rings is 2. The minimum atomic E-state index is -0.360. The third-order valence-electron chi connectivity index (χ3n) is 5.63. The Bertz CT molecular complexity index is 1300. The number of fused-ring (bicyclic) bond motifs is 3. The molecule has 0 spiro atoms. The van der Waals surface area contributed by atoms with Gasteiger partial charge in [-0.15, -0.1) is 0 Å². The highest BCUT2D eigenvalue weighted by Crippen LogP contribution is 2.30. The Hall–Kier alpha value is -3.54. The number of esters is 1. The minimum absolute atomic E-state index is 0.0295. The van der Waals surface area contributed by atoms with Crippen LogP contribution in [0.5, 0.6) is 0 Å². The average molecular weight is 398 g/mol. The molecular weight excluding hydrogens is 376 g/mol. The van der Waals surface area contributed by atoms with Crippen molar-refractivity contribution >= 4 is 33.6 Å². The Morgan fingerprint density at radius 1 is 1.00 bits per heavy atom. The quantitative estimate of drug-likeness (QED) is 0.517. The van der Waals surface area contributed by atoms with Crippen LogP contribution in [-0.4, -0.2) is 20.9 Å². The summed E-state index contributed by atoms with van der Waals surface area (Å²) >= 11 is 0. The number of carbonyl (C=O) groups is 1. The van der Waals surface area contributed by atoms with Crippen molar-refractivity contribution < 1.29 is 9.53 Å². The van der Waals surface area contributed by atoms with E-state index in [1.165, 1.54) is 0 Å². The molecule has 0 radical (unpaired) electrons. The molecule has 0 atom stereocenters. The number of nitrogen functional groups attached to an aromatic ring is 1. The summed E-state index contributed by atoms with van der Waals surface area (Å²) in [5, 5.41) is 1.64. The largest absolute Gasteiger partial charge is 0.454 e. The molecule has 0 saturated heterocycles. The zero-order valence-corrected chi connectivity index (χ0v) is 16.8. The standard InChI is InChI=1S/C24H22N4O2/c1-14-10-11-20-17(12-14)22(15-6-2-4-8-18(15)26-20)24(29)30-13-21-27-19-9-5-3-7-16(19)23(25)28-21/h3,5,7,9-12H,2,4,6,8,13H2,1H3,(H2,25,27,28). The van der Waals surface area contributed by atoms with E-state index in [9.17, 15) is 4.79 Å². The molecular formula is C24H22N4O2. The van der Waals surface area contributed by atoms with Crippen LogP contribution in [0.2, 0.25) is 0 Å². The van der Waals surface area contributed by atoms with Gasteiger partial charge in [-0.3, -0.25) is 4.98 Å². The summed E-state index contributed by atoms with van der Waals surface area (Å²) in [5.41, 5.74) is 11.4. The Morgan fingerprint density at radius 3 is 2.70 bits per heavy atom. The zero-order chi connectivity index (χ0) is 20.7. The summed E-state index contributed by atoms with van der Waals surface area (Å²) in [7, 11) is 0. The van der Waals surface area contributed by atoms with Crippen molar-refractivity contribution in [2.75, 3.05) is 5.73 Å². The molecule has 0 unspecified atom stereocenters. The van der Waals surface area contributed by atoms with Crippen LogP contribution < -0.4 is 5.73 Å². The summed E-state index contributed by atoms with van der Waals surface area (Å²) in [6.07, 6.45) is 3.88. The molecule has 2 N–H and O–H groups in total. The van der Waals surface area contributed by atoms with E-state index >= 15 is 0 Å². The number of hydrogen-bond donors (Lipinski definition) is 1. The van der Waals surface area contributed by atoms with Crippen LogP contribution in [-0.2, 0) is 24.2 Å². The summed E-state index contributed by atoms with van der Waals surface area (Å²) < 4.78 is 5.68. The number of anilines is 1. The molecule has 2 heterocycles. The van der Waals surface area contributed by atoms with E-state index in [0.29, 0.717) is 17.2 Å². The fourth-order valence-corrected chi connectivity index (χ4v) is 4.19. The highest BCUT2D eigenvalue weighted by molar-refractivity contribution is 6.05. The fourth-order valence-electron chi connectivity index (χ4n) is 4.19. The minimum Gasteiger partial charge on any atom is -0.454 e. The molecule has 0 aliphatic heterocycles. The first-order valence-corrected chi connectivity index (χ1v) is 10.2. The van der Waals surface area contributed by atoms with Crippen LogP contribution in [0.3, 0.4) is 0 Å². The molecule has 0 fully saturated rings. The molecule has 2 aromatic carbocycles. The maximum Gasteiger partial charge on any atom is 0.339 e. The summed E-state index contributed by atoms with van der Waals surface area (Å²) in [4.78, 5) is 26.8. The van der Waals surface area contributed by atoms with Crippen LogP contribution >= 0.6 is 0 Å². The normalized spacial score (nSPS) is 13.4. The Kier molecular flexibility index (Phi) is 4.54. The van der Waals surface area contributed by atoms with E-state index in [-0.39, 0.29) is 12.6 Å². The van der Waals surface area contributed by atoms with Crippen LogP contribution in [0, 0.1) is 6.92 Å². The third kappa shape index (κ3) is 3.24. The number of hydrogen-bond acceptors (Lipinski definition) is 6. The predicted molar refractivity (Wildman–Crippen MR) is 116 cm³/mol. The molecule has 5 rings (SSSR count). The zero-order valence-electron chi connectivity index (χ0n) is 16.8. The van der Waals surface area contributed by atoms with Gasteiger partial charge in [-0.25, -0.2) is 14.8 Å². The molecule has 4 aromatic rings. The highest BCUT2D eigenvalue weighted by Gasteiger charge is 2.24. The molecule has 150 valence electrons. The van der Waals surface area contributed by atoms with Gasteiger partial charge >= 0.3 is 5.97 Å². The van der Waals surface area contributed by atoms with E-state index in [0.717, 1.165) is 64.3 Å². The lowest BCUT2D eigenvalue weighted by atomic mass is 9.89. The number of aromatic nitrogens is 3. The maximum atomic E-state index is 13.2. The molecule has 30 heavy (non-hydrogen) atoms. The van der Waals surface area contributed by atoms with Gasteiger partial charge in [0.05, 0.1) is 16.6 Å².